The molecule has 2 atom stereocenters. The second-order valence-corrected chi connectivity index (χ2v) is 6.37. The second-order valence-electron chi connectivity index (χ2n) is 6.37. The molecule has 0 amide bonds. The van der Waals surface area contributed by atoms with Crippen LogP contribution < -0.4 is 10.2 Å². The fraction of sp³-hybridized carbons (Fsp3) is 0.647. The first kappa shape index (κ1) is 13.7. The summed E-state index contributed by atoms with van der Waals surface area (Å²) in [7, 11) is 0. The molecule has 1 saturated heterocycles. The fourth-order valence-corrected chi connectivity index (χ4v) is 3.56. The zero-order valence-corrected chi connectivity index (χ0v) is 12.4. The highest BCUT2D eigenvalue weighted by Crippen LogP contribution is 2.29. The first-order valence-electron chi connectivity index (χ1n) is 8.05. The SMILES string of the molecule is CC1CCCCC1Nc1ccc(N2CCCC2)c(F)c1. The van der Waals surface area contributed by atoms with Gasteiger partial charge in [-0.15, -0.1) is 0 Å². The Balaban J connectivity index is 1.69. The van der Waals surface area contributed by atoms with Crippen molar-refractivity contribution in [3.05, 3.63) is 24.0 Å². The third-order valence-electron chi connectivity index (χ3n) is 4.86. The number of hydrogen-bond acceptors (Lipinski definition) is 2. The van der Waals surface area contributed by atoms with E-state index in [1.165, 1.54) is 38.5 Å². The van der Waals surface area contributed by atoms with Gasteiger partial charge in [-0.05, 0) is 49.8 Å². The number of nitrogens with zero attached hydrogens (tertiary/aromatic N) is 1. The molecule has 1 heterocycles. The van der Waals surface area contributed by atoms with Crippen LogP contribution in [0, 0.1) is 11.7 Å². The van der Waals surface area contributed by atoms with Gasteiger partial charge in [-0.3, -0.25) is 0 Å². The Hall–Kier alpha value is -1.25. The lowest BCUT2D eigenvalue weighted by Crippen LogP contribution is -2.30. The van der Waals surface area contributed by atoms with Crippen LogP contribution in [0.4, 0.5) is 15.8 Å². The van der Waals surface area contributed by atoms with Crippen molar-refractivity contribution in [2.45, 2.75) is 51.5 Å². The van der Waals surface area contributed by atoms with Gasteiger partial charge >= 0.3 is 0 Å². The van der Waals surface area contributed by atoms with Gasteiger partial charge in [-0.1, -0.05) is 19.8 Å². The summed E-state index contributed by atoms with van der Waals surface area (Å²) in [6.45, 7) is 4.28. The molecule has 0 spiro atoms. The summed E-state index contributed by atoms with van der Waals surface area (Å²) >= 11 is 0. The van der Waals surface area contributed by atoms with Gasteiger partial charge in [0.2, 0.25) is 0 Å². The molecular formula is C17H25FN2. The fourth-order valence-electron chi connectivity index (χ4n) is 3.56. The highest BCUT2D eigenvalue weighted by atomic mass is 19.1. The quantitative estimate of drug-likeness (QED) is 0.879. The summed E-state index contributed by atoms with van der Waals surface area (Å²) < 4.78 is 14.3. The van der Waals surface area contributed by atoms with Crippen LogP contribution in [0.5, 0.6) is 0 Å². The van der Waals surface area contributed by atoms with Crippen LogP contribution in [-0.4, -0.2) is 19.1 Å². The molecule has 1 aromatic carbocycles. The molecule has 0 aromatic heterocycles. The van der Waals surface area contributed by atoms with Crippen LogP contribution >= 0.6 is 0 Å². The monoisotopic (exact) mass is 276 g/mol. The summed E-state index contributed by atoms with van der Waals surface area (Å²) in [4.78, 5) is 2.16. The Kier molecular flexibility index (Phi) is 4.13. The normalized spacial score (nSPS) is 26.8. The first-order valence-corrected chi connectivity index (χ1v) is 8.05. The molecule has 1 N–H and O–H groups in total. The van der Waals surface area contributed by atoms with Crippen molar-refractivity contribution in [1.82, 2.24) is 0 Å². The molecule has 2 aliphatic rings. The summed E-state index contributed by atoms with van der Waals surface area (Å²) in [6, 6.07) is 6.16. The average Bonchev–Trinajstić information content (AvgIpc) is 2.95. The molecule has 1 saturated carbocycles. The molecule has 3 rings (SSSR count). The largest absolute Gasteiger partial charge is 0.382 e. The lowest BCUT2D eigenvalue weighted by molar-refractivity contribution is 0.349. The van der Waals surface area contributed by atoms with Gasteiger partial charge < -0.3 is 10.2 Å². The number of nitrogens with one attached hydrogen (secondary N) is 1. The highest BCUT2D eigenvalue weighted by molar-refractivity contribution is 5.57. The number of rotatable bonds is 3. The summed E-state index contributed by atoms with van der Waals surface area (Å²) in [5, 5.41) is 3.53. The van der Waals surface area contributed by atoms with Crippen molar-refractivity contribution in [2.75, 3.05) is 23.3 Å². The maximum absolute atomic E-state index is 14.3. The van der Waals surface area contributed by atoms with Crippen molar-refractivity contribution in [1.29, 1.82) is 0 Å². The smallest absolute Gasteiger partial charge is 0.148 e. The molecule has 0 radical (unpaired) electrons. The van der Waals surface area contributed by atoms with Crippen molar-refractivity contribution in [3.8, 4) is 0 Å². The maximum atomic E-state index is 14.3. The Labute approximate surface area is 121 Å². The second kappa shape index (κ2) is 6.02. The van der Waals surface area contributed by atoms with E-state index in [0.717, 1.165) is 24.5 Å². The minimum absolute atomic E-state index is 0.0830. The lowest BCUT2D eigenvalue weighted by atomic mass is 9.86. The van der Waals surface area contributed by atoms with Crippen molar-refractivity contribution in [3.63, 3.8) is 0 Å². The Morgan fingerprint density at radius 2 is 1.85 bits per heavy atom. The summed E-state index contributed by atoms with van der Waals surface area (Å²) in [6.07, 6.45) is 7.47. The van der Waals surface area contributed by atoms with Crippen LogP contribution in [0.25, 0.3) is 0 Å². The number of halogens is 1. The Morgan fingerprint density at radius 1 is 1.10 bits per heavy atom. The molecule has 3 heteroatoms. The predicted molar refractivity (Wildman–Crippen MR) is 82.9 cm³/mol. The zero-order chi connectivity index (χ0) is 13.9. The minimum Gasteiger partial charge on any atom is -0.382 e. The van der Waals surface area contributed by atoms with Crippen molar-refractivity contribution >= 4 is 11.4 Å². The van der Waals surface area contributed by atoms with E-state index in [1.54, 1.807) is 6.07 Å². The van der Waals surface area contributed by atoms with E-state index in [4.69, 9.17) is 0 Å². The average molecular weight is 276 g/mol. The van der Waals surface area contributed by atoms with Gasteiger partial charge in [0.05, 0.1) is 5.69 Å². The maximum Gasteiger partial charge on any atom is 0.148 e. The number of hydrogen-bond donors (Lipinski definition) is 1. The zero-order valence-electron chi connectivity index (χ0n) is 12.4. The summed E-state index contributed by atoms with van der Waals surface area (Å²) in [5.74, 6) is 0.602. The lowest BCUT2D eigenvalue weighted by Gasteiger charge is -2.30. The van der Waals surface area contributed by atoms with Crippen LogP contribution in [0.1, 0.15) is 45.4 Å². The van der Waals surface area contributed by atoms with E-state index in [9.17, 15) is 4.39 Å². The molecule has 2 fully saturated rings. The van der Waals surface area contributed by atoms with Crippen LogP contribution in [-0.2, 0) is 0 Å². The van der Waals surface area contributed by atoms with Gasteiger partial charge in [0.1, 0.15) is 5.82 Å². The molecule has 2 unspecified atom stereocenters. The minimum atomic E-state index is -0.0830. The molecule has 1 aliphatic heterocycles. The van der Waals surface area contributed by atoms with E-state index >= 15 is 0 Å². The molecule has 0 bridgehead atoms. The van der Waals surface area contributed by atoms with Crippen LogP contribution in [0.2, 0.25) is 0 Å². The van der Waals surface area contributed by atoms with Gasteiger partial charge in [-0.2, -0.15) is 0 Å². The van der Waals surface area contributed by atoms with E-state index in [1.807, 2.05) is 12.1 Å². The molecule has 1 aromatic rings. The Bertz CT molecular complexity index is 454. The predicted octanol–water partition coefficient (Wildman–Crippen LogP) is 4.42. The molecular weight excluding hydrogens is 251 g/mol. The van der Waals surface area contributed by atoms with Gasteiger partial charge in [-0.25, -0.2) is 4.39 Å². The van der Waals surface area contributed by atoms with E-state index in [-0.39, 0.29) is 5.82 Å². The van der Waals surface area contributed by atoms with E-state index < -0.39 is 0 Å². The molecule has 1 aliphatic carbocycles. The van der Waals surface area contributed by atoms with Gasteiger partial charge in [0, 0.05) is 24.8 Å². The van der Waals surface area contributed by atoms with Gasteiger partial charge in [0.15, 0.2) is 0 Å². The Morgan fingerprint density at radius 3 is 2.55 bits per heavy atom. The highest BCUT2D eigenvalue weighted by Gasteiger charge is 2.22. The third-order valence-corrected chi connectivity index (χ3v) is 4.86. The van der Waals surface area contributed by atoms with Gasteiger partial charge in [0.25, 0.3) is 0 Å². The molecule has 2 nitrogen and oxygen atoms in total. The standard InChI is InChI=1S/C17H25FN2/c1-13-6-2-3-7-16(13)19-14-8-9-17(15(18)12-14)20-10-4-5-11-20/h8-9,12-13,16,19H,2-7,10-11H2,1H3. The molecule has 110 valence electrons. The van der Waals surface area contributed by atoms with Crippen LogP contribution in [0.15, 0.2) is 18.2 Å². The van der Waals surface area contributed by atoms with Crippen molar-refractivity contribution in [2.24, 2.45) is 5.92 Å². The summed E-state index contributed by atoms with van der Waals surface area (Å²) in [5.41, 5.74) is 1.70. The van der Waals surface area contributed by atoms with E-state index in [2.05, 4.69) is 17.1 Å². The topological polar surface area (TPSA) is 15.3 Å². The number of anilines is 2. The molecule has 20 heavy (non-hydrogen) atoms. The van der Waals surface area contributed by atoms with Crippen LogP contribution in [0.3, 0.4) is 0 Å². The van der Waals surface area contributed by atoms with Crippen molar-refractivity contribution < 1.29 is 4.39 Å². The third kappa shape index (κ3) is 2.92. The first-order chi connectivity index (χ1) is 9.74. The van der Waals surface area contributed by atoms with E-state index in [0.29, 0.717) is 12.0 Å². The number of benzene rings is 1.